The Labute approximate surface area is 130 Å². The summed E-state index contributed by atoms with van der Waals surface area (Å²) in [6, 6.07) is 3.14. The summed E-state index contributed by atoms with van der Waals surface area (Å²) in [6.45, 7) is 0.520. The number of hydrogen-bond acceptors (Lipinski definition) is 3. The third-order valence-electron chi connectivity index (χ3n) is 3.75. The van der Waals surface area contributed by atoms with Gasteiger partial charge < -0.3 is 15.2 Å². The fourth-order valence-corrected chi connectivity index (χ4v) is 2.63. The van der Waals surface area contributed by atoms with E-state index in [1.807, 2.05) is 0 Å². The van der Waals surface area contributed by atoms with E-state index >= 15 is 0 Å². The van der Waals surface area contributed by atoms with E-state index < -0.39 is 23.6 Å². The quantitative estimate of drug-likeness (QED) is 0.799. The van der Waals surface area contributed by atoms with E-state index in [1.165, 1.54) is 6.07 Å². The molecule has 0 atom stereocenters. The lowest BCUT2D eigenvalue weighted by Gasteiger charge is -2.27. The molecule has 1 aliphatic rings. The van der Waals surface area contributed by atoms with Crippen LogP contribution in [0, 0.1) is 0 Å². The molecular formula is C15H18F5NO2. The molecule has 8 heteroatoms. The molecule has 1 fully saturated rings. The van der Waals surface area contributed by atoms with Crippen LogP contribution in [0.15, 0.2) is 18.2 Å². The van der Waals surface area contributed by atoms with Gasteiger partial charge in [0.1, 0.15) is 5.75 Å². The van der Waals surface area contributed by atoms with Crippen molar-refractivity contribution in [2.45, 2.75) is 57.0 Å². The molecule has 1 aromatic rings. The summed E-state index contributed by atoms with van der Waals surface area (Å²) >= 11 is 0. The first-order chi connectivity index (χ1) is 10.5. The summed E-state index contributed by atoms with van der Waals surface area (Å²) in [4.78, 5) is 0. The van der Waals surface area contributed by atoms with Gasteiger partial charge in [0.15, 0.2) is 0 Å². The van der Waals surface area contributed by atoms with Crippen LogP contribution in [-0.4, -0.2) is 23.6 Å². The van der Waals surface area contributed by atoms with Crippen molar-refractivity contribution < 1.29 is 31.8 Å². The van der Waals surface area contributed by atoms with Crippen molar-refractivity contribution in [1.29, 1.82) is 0 Å². The average molecular weight is 339 g/mol. The van der Waals surface area contributed by atoms with Crippen LogP contribution >= 0.6 is 0 Å². The van der Waals surface area contributed by atoms with E-state index in [4.69, 9.17) is 0 Å². The SMILES string of the molecule is CC(F)(F)c1cc(N[C@H]2CC[C@H](O)CC2)ccc1OC(F)(F)F. The van der Waals surface area contributed by atoms with Gasteiger partial charge in [-0.3, -0.25) is 0 Å². The molecule has 2 rings (SSSR count). The summed E-state index contributed by atoms with van der Waals surface area (Å²) in [7, 11) is 0. The molecule has 130 valence electrons. The minimum atomic E-state index is -5.03. The maximum atomic E-state index is 13.6. The number of hydrogen-bond donors (Lipinski definition) is 2. The second-order valence-corrected chi connectivity index (χ2v) is 5.80. The van der Waals surface area contributed by atoms with Gasteiger partial charge in [0.2, 0.25) is 0 Å². The first-order valence-corrected chi connectivity index (χ1v) is 7.27. The molecule has 0 saturated heterocycles. The smallest absolute Gasteiger partial charge is 0.405 e. The first-order valence-electron chi connectivity index (χ1n) is 7.27. The number of alkyl halides is 5. The van der Waals surface area contributed by atoms with Gasteiger partial charge in [-0.05, 0) is 43.9 Å². The van der Waals surface area contributed by atoms with Crippen molar-refractivity contribution in [3.05, 3.63) is 23.8 Å². The van der Waals surface area contributed by atoms with Crippen LogP contribution in [0.25, 0.3) is 0 Å². The molecule has 0 amide bonds. The Morgan fingerprint density at radius 3 is 2.22 bits per heavy atom. The number of benzene rings is 1. The Balaban J connectivity index is 2.19. The zero-order valence-corrected chi connectivity index (χ0v) is 12.5. The molecular weight excluding hydrogens is 321 g/mol. The summed E-state index contributed by atoms with van der Waals surface area (Å²) in [5.41, 5.74) is -0.520. The molecule has 0 radical (unpaired) electrons. The number of nitrogens with one attached hydrogen (secondary N) is 1. The number of aliphatic hydroxyl groups excluding tert-OH is 1. The highest BCUT2D eigenvalue weighted by molar-refractivity contribution is 5.53. The van der Waals surface area contributed by atoms with Gasteiger partial charge in [0.05, 0.1) is 11.7 Å². The average Bonchev–Trinajstić information content (AvgIpc) is 2.40. The second kappa shape index (κ2) is 6.51. The standard InChI is InChI=1S/C15H18F5NO2/c1-14(16,17)12-8-10(4-7-13(12)23-15(18,19)20)21-9-2-5-11(22)6-3-9/h4,7-9,11,21-22H,2-3,5-6H2,1H3/t9-,11-. The Kier molecular flexibility index (Phi) is 5.03. The van der Waals surface area contributed by atoms with Gasteiger partial charge >= 0.3 is 6.36 Å². The zero-order valence-electron chi connectivity index (χ0n) is 12.5. The maximum Gasteiger partial charge on any atom is 0.573 e. The van der Waals surface area contributed by atoms with E-state index in [0.29, 0.717) is 38.3 Å². The Bertz CT molecular complexity index is 534. The minimum Gasteiger partial charge on any atom is -0.405 e. The molecule has 0 aromatic heterocycles. The van der Waals surface area contributed by atoms with Crippen molar-refractivity contribution in [3.8, 4) is 5.75 Å². The number of aliphatic hydroxyl groups is 1. The summed E-state index contributed by atoms with van der Waals surface area (Å²) < 4.78 is 67.8. The predicted molar refractivity (Wildman–Crippen MR) is 74.6 cm³/mol. The Hall–Kier alpha value is -1.57. The Morgan fingerprint density at radius 1 is 1.09 bits per heavy atom. The molecule has 1 aromatic carbocycles. The van der Waals surface area contributed by atoms with E-state index in [2.05, 4.69) is 10.1 Å². The number of halogens is 5. The van der Waals surface area contributed by atoms with Gasteiger partial charge in [0.25, 0.3) is 5.92 Å². The molecule has 3 nitrogen and oxygen atoms in total. The monoisotopic (exact) mass is 339 g/mol. The Morgan fingerprint density at radius 2 is 1.70 bits per heavy atom. The summed E-state index contributed by atoms with van der Waals surface area (Å²) in [6.07, 6.45) is -2.85. The summed E-state index contributed by atoms with van der Waals surface area (Å²) in [5.74, 6) is -4.38. The molecule has 0 spiro atoms. The third kappa shape index (κ3) is 5.23. The van der Waals surface area contributed by atoms with E-state index in [1.54, 1.807) is 0 Å². The molecule has 1 aliphatic carbocycles. The number of rotatable bonds is 4. The van der Waals surface area contributed by atoms with Crippen molar-refractivity contribution in [3.63, 3.8) is 0 Å². The van der Waals surface area contributed by atoms with E-state index in [9.17, 15) is 27.1 Å². The summed E-state index contributed by atoms with van der Waals surface area (Å²) in [5, 5.41) is 12.5. The van der Waals surface area contributed by atoms with Gasteiger partial charge in [-0.1, -0.05) is 0 Å². The molecule has 23 heavy (non-hydrogen) atoms. The van der Waals surface area contributed by atoms with Gasteiger partial charge in [0, 0.05) is 18.7 Å². The fourth-order valence-electron chi connectivity index (χ4n) is 2.63. The van der Waals surface area contributed by atoms with Crippen molar-refractivity contribution in [2.75, 3.05) is 5.32 Å². The van der Waals surface area contributed by atoms with Crippen LogP contribution in [-0.2, 0) is 5.92 Å². The minimum absolute atomic E-state index is 0.00823. The molecule has 0 aliphatic heterocycles. The van der Waals surface area contributed by atoms with Crippen LogP contribution in [0.1, 0.15) is 38.2 Å². The predicted octanol–water partition coefficient (Wildman–Crippen LogP) is 4.41. The zero-order chi connectivity index (χ0) is 17.3. The van der Waals surface area contributed by atoms with Gasteiger partial charge in [-0.2, -0.15) is 0 Å². The van der Waals surface area contributed by atoms with Crippen LogP contribution in [0.4, 0.5) is 27.6 Å². The number of ether oxygens (including phenoxy) is 1. The molecule has 1 saturated carbocycles. The third-order valence-corrected chi connectivity index (χ3v) is 3.75. The normalized spacial score (nSPS) is 22.7. The van der Waals surface area contributed by atoms with Crippen LogP contribution in [0.3, 0.4) is 0 Å². The molecule has 0 heterocycles. The number of anilines is 1. The maximum absolute atomic E-state index is 13.6. The van der Waals surface area contributed by atoms with Crippen molar-refractivity contribution in [1.82, 2.24) is 0 Å². The van der Waals surface area contributed by atoms with Crippen LogP contribution in [0.2, 0.25) is 0 Å². The second-order valence-electron chi connectivity index (χ2n) is 5.80. The van der Waals surface area contributed by atoms with E-state index in [-0.39, 0.29) is 12.1 Å². The van der Waals surface area contributed by atoms with Crippen LogP contribution < -0.4 is 10.1 Å². The molecule has 2 N–H and O–H groups in total. The van der Waals surface area contributed by atoms with E-state index in [0.717, 1.165) is 12.1 Å². The van der Waals surface area contributed by atoms with Crippen LogP contribution in [0.5, 0.6) is 5.75 Å². The largest absolute Gasteiger partial charge is 0.573 e. The first kappa shape index (κ1) is 17.8. The topological polar surface area (TPSA) is 41.5 Å². The fraction of sp³-hybridized carbons (Fsp3) is 0.600. The highest BCUT2D eigenvalue weighted by Crippen LogP contribution is 2.39. The molecule has 0 unspecified atom stereocenters. The highest BCUT2D eigenvalue weighted by atomic mass is 19.4. The highest BCUT2D eigenvalue weighted by Gasteiger charge is 2.36. The molecule has 0 bridgehead atoms. The lowest BCUT2D eigenvalue weighted by atomic mass is 9.93. The van der Waals surface area contributed by atoms with Crippen molar-refractivity contribution >= 4 is 5.69 Å². The van der Waals surface area contributed by atoms with Gasteiger partial charge in [-0.15, -0.1) is 13.2 Å². The van der Waals surface area contributed by atoms with Gasteiger partial charge in [-0.25, -0.2) is 8.78 Å². The van der Waals surface area contributed by atoms with Crippen molar-refractivity contribution in [2.24, 2.45) is 0 Å². The lowest BCUT2D eigenvalue weighted by molar-refractivity contribution is -0.275. The lowest BCUT2D eigenvalue weighted by Crippen LogP contribution is -2.28.